The first kappa shape index (κ1) is 9.89. The van der Waals surface area contributed by atoms with Gasteiger partial charge in [-0.2, -0.15) is 0 Å². The summed E-state index contributed by atoms with van der Waals surface area (Å²) >= 11 is 0. The van der Waals surface area contributed by atoms with Crippen molar-refractivity contribution in [3.05, 3.63) is 17.7 Å². The van der Waals surface area contributed by atoms with E-state index >= 15 is 0 Å². The Labute approximate surface area is 76.6 Å². The molecule has 0 aliphatic heterocycles. The lowest BCUT2D eigenvalue weighted by molar-refractivity contribution is 0.100. The number of halogens is 1. The van der Waals surface area contributed by atoms with Crippen LogP contribution in [0.2, 0.25) is 0 Å². The number of hydrogen-bond donors (Lipinski definition) is 0. The summed E-state index contributed by atoms with van der Waals surface area (Å²) in [6.45, 7) is 4.27. The zero-order valence-corrected chi connectivity index (χ0v) is 8.26. The second kappa shape index (κ2) is 2.94. The van der Waals surface area contributed by atoms with E-state index < -0.39 is 5.67 Å². The number of aromatic nitrogens is 2. The third-order valence-electron chi connectivity index (χ3n) is 1.88. The average Bonchev–Trinajstić information content (AvgIpc) is 2.28. The van der Waals surface area contributed by atoms with Crippen LogP contribution in [0.5, 0.6) is 0 Å². The van der Waals surface area contributed by atoms with E-state index in [1.807, 2.05) is 0 Å². The Hall–Kier alpha value is -1.19. The molecule has 0 aromatic carbocycles. The van der Waals surface area contributed by atoms with Crippen LogP contribution >= 0.6 is 0 Å². The van der Waals surface area contributed by atoms with E-state index in [0.717, 1.165) is 0 Å². The molecule has 0 fully saturated rings. The molecule has 1 rings (SSSR count). The highest BCUT2D eigenvalue weighted by atomic mass is 19.1. The fraction of sp³-hybridized carbons (Fsp3) is 0.556. The molecule has 0 saturated carbocycles. The van der Waals surface area contributed by atoms with E-state index in [9.17, 15) is 9.18 Å². The van der Waals surface area contributed by atoms with E-state index in [2.05, 4.69) is 4.98 Å². The van der Waals surface area contributed by atoms with E-state index in [0.29, 0.717) is 5.69 Å². The number of ketones is 1. The molecule has 72 valence electrons. The molecule has 1 heterocycles. The maximum absolute atomic E-state index is 13.5. The van der Waals surface area contributed by atoms with Crippen LogP contribution in [0.4, 0.5) is 4.39 Å². The quantitative estimate of drug-likeness (QED) is 0.657. The van der Waals surface area contributed by atoms with Gasteiger partial charge in [-0.1, -0.05) is 0 Å². The van der Waals surface area contributed by atoms with Crippen LogP contribution in [-0.4, -0.2) is 15.3 Å². The second-order valence-corrected chi connectivity index (χ2v) is 3.55. The van der Waals surface area contributed by atoms with E-state index in [-0.39, 0.29) is 11.6 Å². The van der Waals surface area contributed by atoms with E-state index in [1.54, 1.807) is 7.05 Å². The Morgan fingerprint density at radius 3 is 2.38 bits per heavy atom. The highest BCUT2D eigenvalue weighted by Crippen LogP contribution is 2.23. The molecule has 4 heteroatoms. The van der Waals surface area contributed by atoms with Gasteiger partial charge in [0.15, 0.2) is 11.5 Å². The molecule has 0 aliphatic rings. The van der Waals surface area contributed by atoms with Crippen molar-refractivity contribution < 1.29 is 9.18 Å². The van der Waals surface area contributed by atoms with E-state index in [1.165, 1.54) is 31.5 Å². The number of nitrogens with zero attached hydrogens (tertiary/aromatic N) is 2. The summed E-state index contributed by atoms with van der Waals surface area (Å²) in [6, 6.07) is 0. The van der Waals surface area contributed by atoms with Crippen molar-refractivity contribution in [2.75, 3.05) is 0 Å². The minimum absolute atomic E-state index is 0.106. The Morgan fingerprint density at radius 1 is 1.62 bits per heavy atom. The molecule has 0 saturated heterocycles. The molecule has 0 amide bonds. The summed E-state index contributed by atoms with van der Waals surface area (Å²) in [7, 11) is 1.64. The van der Waals surface area contributed by atoms with Crippen molar-refractivity contribution >= 4 is 5.78 Å². The Balaban J connectivity index is 3.22. The van der Waals surface area contributed by atoms with Crippen LogP contribution in [0.15, 0.2) is 6.20 Å². The molecular formula is C9H13FN2O. The van der Waals surface area contributed by atoms with Crippen molar-refractivity contribution in [2.24, 2.45) is 7.05 Å². The van der Waals surface area contributed by atoms with Crippen LogP contribution < -0.4 is 0 Å². The van der Waals surface area contributed by atoms with Gasteiger partial charge < -0.3 is 4.57 Å². The van der Waals surface area contributed by atoms with Gasteiger partial charge >= 0.3 is 0 Å². The summed E-state index contributed by atoms with van der Waals surface area (Å²) in [5.41, 5.74) is -1.08. The average molecular weight is 184 g/mol. The number of carbonyl (C=O) groups excluding carboxylic acids is 1. The van der Waals surface area contributed by atoms with Gasteiger partial charge in [0.25, 0.3) is 0 Å². The largest absolute Gasteiger partial charge is 0.326 e. The van der Waals surface area contributed by atoms with E-state index in [4.69, 9.17) is 0 Å². The minimum Gasteiger partial charge on any atom is -0.326 e. The SMILES string of the molecule is CC(=O)c1cnc(C(C)(C)F)n1C. The molecular weight excluding hydrogens is 171 g/mol. The molecule has 3 nitrogen and oxygen atoms in total. The summed E-state index contributed by atoms with van der Waals surface area (Å²) in [4.78, 5) is 14.9. The molecule has 0 unspecified atom stereocenters. The van der Waals surface area contributed by atoms with Crippen LogP contribution in [0.25, 0.3) is 0 Å². The monoisotopic (exact) mass is 184 g/mol. The topological polar surface area (TPSA) is 34.9 Å². The molecule has 0 radical (unpaired) electrons. The number of rotatable bonds is 2. The Bertz CT molecular complexity index is 336. The van der Waals surface area contributed by atoms with Crippen LogP contribution in [0.1, 0.15) is 37.1 Å². The van der Waals surface area contributed by atoms with Gasteiger partial charge in [0.1, 0.15) is 11.5 Å². The van der Waals surface area contributed by atoms with Gasteiger partial charge in [-0.3, -0.25) is 4.79 Å². The zero-order valence-electron chi connectivity index (χ0n) is 8.26. The van der Waals surface area contributed by atoms with Gasteiger partial charge in [-0.15, -0.1) is 0 Å². The van der Waals surface area contributed by atoms with Crippen LogP contribution in [0.3, 0.4) is 0 Å². The lowest BCUT2D eigenvalue weighted by Gasteiger charge is -2.13. The van der Waals surface area contributed by atoms with Crippen molar-refractivity contribution in [3.8, 4) is 0 Å². The standard InChI is InChI=1S/C9H13FN2O/c1-6(13)7-5-11-8(12(7)4)9(2,3)10/h5H,1-4H3. The molecule has 13 heavy (non-hydrogen) atoms. The third kappa shape index (κ3) is 1.76. The first-order chi connectivity index (χ1) is 5.84. The summed E-state index contributed by atoms with van der Waals surface area (Å²) in [5, 5.41) is 0. The fourth-order valence-electron chi connectivity index (χ4n) is 1.29. The number of alkyl halides is 1. The molecule has 1 aromatic rings. The van der Waals surface area contributed by atoms with Gasteiger partial charge in [-0.25, -0.2) is 9.37 Å². The van der Waals surface area contributed by atoms with Gasteiger partial charge in [0, 0.05) is 14.0 Å². The lowest BCUT2D eigenvalue weighted by Crippen LogP contribution is -2.17. The first-order valence-corrected chi connectivity index (χ1v) is 4.06. The highest BCUT2D eigenvalue weighted by molar-refractivity contribution is 5.92. The lowest BCUT2D eigenvalue weighted by atomic mass is 10.1. The number of Topliss-reactive ketones (excluding diaryl/α,β-unsaturated/α-hetero) is 1. The smallest absolute Gasteiger partial charge is 0.177 e. The second-order valence-electron chi connectivity index (χ2n) is 3.55. The highest BCUT2D eigenvalue weighted by Gasteiger charge is 2.25. The molecule has 1 aromatic heterocycles. The number of hydrogen-bond acceptors (Lipinski definition) is 2. The summed E-state index contributed by atoms with van der Waals surface area (Å²) < 4.78 is 15.0. The number of imidazole rings is 1. The van der Waals surface area contributed by atoms with Gasteiger partial charge in [0.2, 0.25) is 0 Å². The first-order valence-electron chi connectivity index (χ1n) is 4.06. The van der Waals surface area contributed by atoms with Gasteiger partial charge in [-0.05, 0) is 13.8 Å². The van der Waals surface area contributed by atoms with Crippen molar-refractivity contribution in [3.63, 3.8) is 0 Å². The predicted molar refractivity (Wildman–Crippen MR) is 47.3 cm³/mol. The maximum Gasteiger partial charge on any atom is 0.177 e. The molecule has 0 spiro atoms. The molecule has 0 bridgehead atoms. The van der Waals surface area contributed by atoms with Crippen molar-refractivity contribution in [2.45, 2.75) is 26.4 Å². The number of carbonyl (C=O) groups is 1. The van der Waals surface area contributed by atoms with Crippen LogP contribution in [-0.2, 0) is 12.7 Å². The molecule has 0 atom stereocenters. The third-order valence-corrected chi connectivity index (χ3v) is 1.88. The minimum atomic E-state index is -1.51. The van der Waals surface area contributed by atoms with Crippen molar-refractivity contribution in [1.82, 2.24) is 9.55 Å². The van der Waals surface area contributed by atoms with Gasteiger partial charge in [0.05, 0.1) is 6.20 Å². The predicted octanol–water partition coefficient (Wildman–Crippen LogP) is 1.83. The Kier molecular flexibility index (Phi) is 2.24. The van der Waals surface area contributed by atoms with Crippen LogP contribution in [0, 0.1) is 0 Å². The normalized spacial score (nSPS) is 11.8. The summed E-state index contributed by atoms with van der Waals surface area (Å²) in [6.07, 6.45) is 1.40. The zero-order chi connectivity index (χ0) is 10.2. The maximum atomic E-state index is 13.5. The Morgan fingerprint density at radius 2 is 2.15 bits per heavy atom. The fourth-order valence-corrected chi connectivity index (χ4v) is 1.29. The summed E-state index contributed by atoms with van der Waals surface area (Å²) in [5.74, 6) is 0.170. The van der Waals surface area contributed by atoms with Crippen molar-refractivity contribution in [1.29, 1.82) is 0 Å². The molecule has 0 N–H and O–H groups in total. The molecule has 0 aliphatic carbocycles.